The highest BCUT2D eigenvalue weighted by molar-refractivity contribution is 6.08. The van der Waals surface area contributed by atoms with Gasteiger partial charge in [-0.2, -0.15) is 5.10 Å². The van der Waals surface area contributed by atoms with E-state index in [1.165, 1.54) is 17.0 Å². The number of hydrazone groups is 1. The molecule has 150 valence electrons. The van der Waals surface area contributed by atoms with Crippen molar-refractivity contribution in [3.8, 4) is 5.75 Å². The number of hydrogen-bond acceptors (Lipinski definition) is 3. The summed E-state index contributed by atoms with van der Waals surface area (Å²) in [5.74, 6) is -0.0616. The molecule has 0 bridgehead atoms. The predicted molar refractivity (Wildman–Crippen MR) is 122 cm³/mol. The maximum Gasteiger partial charge on any atom is 0.241 e. The third-order valence-corrected chi connectivity index (χ3v) is 5.11. The minimum atomic E-state index is -0.184. The fourth-order valence-electron chi connectivity index (χ4n) is 3.68. The van der Waals surface area contributed by atoms with Crippen LogP contribution in [0.1, 0.15) is 17.5 Å². The van der Waals surface area contributed by atoms with Crippen molar-refractivity contribution in [3.63, 3.8) is 0 Å². The van der Waals surface area contributed by atoms with Gasteiger partial charge in [-0.1, -0.05) is 48.5 Å². The number of carbonyl (C=O) groups excluding carboxylic acids is 1. The standard InChI is InChI=1S/C25H23N3O2/c1-2-7-18-12-13-19(24(29)16-18)17-26-27-25(30)14-15-28-22-10-5-3-8-20(22)21-9-4-6-11-23(21)28/h2-6,8-13,16-17,29H,1,7,14-15H2,(H,27,30)/b26-17+. The molecule has 5 nitrogen and oxygen atoms in total. The number of nitrogens with zero attached hydrogens (tertiary/aromatic N) is 2. The van der Waals surface area contributed by atoms with E-state index in [9.17, 15) is 9.90 Å². The van der Waals surface area contributed by atoms with E-state index in [2.05, 4.69) is 45.9 Å². The zero-order valence-electron chi connectivity index (χ0n) is 16.6. The van der Waals surface area contributed by atoms with E-state index in [0.717, 1.165) is 16.6 Å². The topological polar surface area (TPSA) is 66.6 Å². The molecular formula is C25H23N3O2. The van der Waals surface area contributed by atoms with Crippen LogP contribution in [0.5, 0.6) is 5.75 Å². The lowest BCUT2D eigenvalue weighted by atomic mass is 10.1. The van der Waals surface area contributed by atoms with Gasteiger partial charge in [-0.05, 0) is 36.2 Å². The fraction of sp³-hybridized carbons (Fsp3) is 0.120. The smallest absolute Gasteiger partial charge is 0.241 e. The van der Waals surface area contributed by atoms with Crippen molar-refractivity contribution in [1.29, 1.82) is 0 Å². The first kappa shape index (κ1) is 19.5. The number of rotatable bonds is 7. The van der Waals surface area contributed by atoms with Gasteiger partial charge in [0.2, 0.25) is 5.91 Å². The molecule has 0 radical (unpaired) electrons. The van der Waals surface area contributed by atoms with Crippen LogP contribution < -0.4 is 5.43 Å². The summed E-state index contributed by atoms with van der Waals surface area (Å²) in [6.07, 6.45) is 4.21. The van der Waals surface area contributed by atoms with Crippen molar-refractivity contribution in [1.82, 2.24) is 9.99 Å². The van der Waals surface area contributed by atoms with Crippen molar-refractivity contribution < 1.29 is 9.90 Å². The third-order valence-electron chi connectivity index (χ3n) is 5.11. The number of nitrogens with one attached hydrogen (secondary N) is 1. The van der Waals surface area contributed by atoms with Crippen molar-refractivity contribution in [3.05, 3.63) is 90.5 Å². The maximum atomic E-state index is 12.3. The SMILES string of the molecule is C=CCc1ccc(/C=N/NC(=O)CCn2c3ccccc3c3ccccc32)c(O)c1. The molecule has 3 aromatic carbocycles. The number of aryl methyl sites for hydroxylation is 1. The lowest BCUT2D eigenvalue weighted by Crippen LogP contribution is -2.19. The molecule has 1 heterocycles. The van der Waals surface area contributed by atoms with E-state index >= 15 is 0 Å². The Kier molecular flexibility index (Phi) is 5.61. The van der Waals surface area contributed by atoms with Gasteiger partial charge in [0.05, 0.1) is 6.21 Å². The first-order chi connectivity index (χ1) is 14.7. The molecule has 4 aromatic rings. The average Bonchev–Trinajstić information content (AvgIpc) is 3.08. The van der Waals surface area contributed by atoms with Crippen molar-refractivity contribution in [2.45, 2.75) is 19.4 Å². The fourth-order valence-corrected chi connectivity index (χ4v) is 3.68. The molecule has 0 aliphatic carbocycles. The number of carbonyl (C=O) groups is 1. The number of phenols is 1. The van der Waals surface area contributed by atoms with E-state index in [4.69, 9.17) is 0 Å². The van der Waals surface area contributed by atoms with Gasteiger partial charge in [0.25, 0.3) is 0 Å². The summed E-state index contributed by atoms with van der Waals surface area (Å²) < 4.78 is 2.16. The number of benzene rings is 3. The lowest BCUT2D eigenvalue weighted by molar-refractivity contribution is -0.121. The van der Waals surface area contributed by atoms with Gasteiger partial charge in [0.1, 0.15) is 5.75 Å². The van der Waals surface area contributed by atoms with Gasteiger partial charge in [-0.15, -0.1) is 6.58 Å². The van der Waals surface area contributed by atoms with Crippen LogP contribution in [0.3, 0.4) is 0 Å². The van der Waals surface area contributed by atoms with Crippen LogP contribution in [0.2, 0.25) is 0 Å². The summed E-state index contributed by atoms with van der Waals surface area (Å²) in [5.41, 5.74) is 6.28. The van der Waals surface area contributed by atoms with Gasteiger partial charge in [-0.25, -0.2) is 5.43 Å². The molecule has 0 saturated heterocycles. The van der Waals surface area contributed by atoms with Crippen LogP contribution in [0.25, 0.3) is 21.8 Å². The highest BCUT2D eigenvalue weighted by atomic mass is 16.3. The quantitative estimate of drug-likeness (QED) is 0.268. The second kappa shape index (κ2) is 8.66. The first-order valence-corrected chi connectivity index (χ1v) is 9.88. The molecular weight excluding hydrogens is 374 g/mol. The number of allylic oxidation sites excluding steroid dienone is 1. The molecule has 0 atom stereocenters. The highest BCUT2D eigenvalue weighted by Crippen LogP contribution is 2.28. The summed E-state index contributed by atoms with van der Waals surface area (Å²) in [6.45, 7) is 4.24. The summed E-state index contributed by atoms with van der Waals surface area (Å²) in [4.78, 5) is 12.3. The van der Waals surface area contributed by atoms with Crippen molar-refractivity contribution in [2.75, 3.05) is 0 Å². The number of phenolic OH excluding ortho intramolecular Hbond substituents is 1. The molecule has 4 rings (SSSR count). The maximum absolute atomic E-state index is 12.3. The van der Waals surface area contributed by atoms with Gasteiger partial charge in [0, 0.05) is 40.3 Å². The van der Waals surface area contributed by atoms with E-state index in [1.54, 1.807) is 18.2 Å². The van der Waals surface area contributed by atoms with E-state index in [-0.39, 0.29) is 11.7 Å². The van der Waals surface area contributed by atoms with Gasteiger partial charge < -0.3 is 9.67 Å². The molecule has 0 aliphatic heterocycles. The number of amides is 1. The van der Waals surface area contributed by atoms with Crippen LogP contribution in [-0.2, 0) is 17.8 Å². The first-order valence-electron chi connectivity index (χ1n) is 9.88. The van der Waals surface area contributed by atoms with E-state index in [0.29, 0.717) is 24.9 Å². The highest BCUT2D eigenvalue weighted by Gasteiger charge is 2.10. The molecule has 0 aliphatic rings. The Morgan fingerprint density at radius 1 is 1.03 bits per heavy atom. The Morgan fingerprint density at radius 2 is 1.70 bits per heavy atom. The molecule has 2 N–H and O–H groups in total. The lowest BCUT2D eigenvalue weighted by Gasteiger charge is -2.07. The number of para-hydroxylation sites is 2. The van der Waals surface area contributed by atoms with Crippen LogP contribution in [0, 0.1) is 0 Å². The van der Waals surface area contributed by atoms with E-state index < -0.39 is 0 Å². The van der Waals surface area contributed by atoms with Crippen molar-refractivity contribution >= 4 is 33.9 Å². The van der Waals surface area contributed by atoms with Gasteiger partial charge in [-0.3, -0.25) is 4.79 Å². The molecule has 5 heteroatoms. The summed E-state index contributed by atoms with van der Waals surface area (Å²) in [5, 5.41) is 16.4. The third kappa shape index (κ3) is 3.96. The molecule has 0 fully saturated rings. The monoisotopic (exact) mass is 397 g/mol. The predicted octanol–water partition coefficient (Wildman–Crippen LogP) is 4.77. The largest absolute Gasteiger partial charge is 0.507 e. The van der Waals surface area contributed by atoms with Crippen LogP contribution in [0.15, 0.2) is 84.5 Å². The van der Waals surface area contributed by atoms with Gasteiger partial charge >= 0.3 is 0 Å². The Morgan fingerprint density at radius 3 is 2.33 bits per heavy atom. The summed E-state index contributed by atoms with van der Waals surface area (Å²) in [6, 6.07) is 21.8. The Bertz CT molecular complexity index is 1200. The number of fused-ring (bicyclic) bond motifs is 3. The Labute approximate surface area is 175 Å². The average molecular weight is 397 g/mol. The number of hydrogen-bond donors (Lipinski definition) is 2. The zero-order chi connectivity index (χ0) is 20.9. The van der Waals surface area contributed by atoms with Crippen LogP contribution >= 0.6 is 0 Å². The van der Waals surface area contributed by atoms with Crippen LogP contribution in [0.4, 0.5) is 0 Å². The molecule has 0 saturated carbocycles. The van der Waals surface area contributed by atoms with Crippen LogP contribution in [-0.4, -0.2) is 21.8 Å². The molecule has 1 amide bonds. The summed E-state index contributed by atoms with van der Waals surface area (Å²) in [7, 11) is 0. The Hall–Kier alpha value is -3.86. The molecule has 30 heavy (non-hydrogen) atoms. The number of aromatic hydroxyl groups is 1. The number of aromatic nitrogens is 1. The molecule has 1 aromatic heterocycles. The second-order valence-electron chi connectivity index (χ2n) is 7.12. The summed E-state index contributed by atoms with van der Waals surface area (Å²) >= 11 is 0. The second-order valence-corrected chi connectivity index (χ2v) is 7.12. The Balaban J connectivity index is 1.43. The minimum Gasteiger partial charge on any atom is -0.507 e. The normalized spacial score (nSPS) is 11.3. The van der Waals surface area contributed by atoms with Gasteiger partial charge in [0.15, 0.2) is 0 Å². The van der Waals surface area contributed by atoms with E-state index in [1.807, 2.05) is 30.3 Å². The molecule has 0 spiro atoms. The molecule has 0 unspecified atom stereocenters. The minimum absolute atomic E-state index is 0.123. The van der Waals surface area contributed by atoms with Crippen molar-refractivity contribution in [2.24, 2.45) is 5.10 Å². The zero-order valence-corrected chi connectivity index (χ0v) is 16.6.